The van der Waals surface area contributed by atoms with Gasteiger partial charge in [0.25, 0.3) is 0 Å². The first-order chi connectivity index (χ1) is 19.0. The molecule has 2 aromatic heterocycles. The number of carbonyl (C=O) groups excluding carboxylic acids is 3. The number of aromatic amines is 1. The summed E-state index contributed by atoms with van der Waals surface area (Å²) in [6.45, 7) is 11.1. The van der Waals surface area contributed by atoms with Gasteiger partial charge in [0.1, 0.15) is 0 Å². The number of ether oxygens (including phenoxy) is 1. The minimum absolute atomic E-state index is 0.0802. The standard InChI is InChI=1S/C34H34N2O4/c1-19-29(21(3)37)20(2)35-31(19)28(38)18-40-33(39)30-25-9-7-8-10-27(25)36-32-23(13-16-26(30)32)17-22-11-14-24(15-12-22)34(4,5)6/h7-12,14-15,17,35H,13,16,18H2,1-6H3. The number of aromatic nitrogens is 2. The molecule has 1 N–H and O–H groups in total. The Hall–Kier alpha value is -4.32. The molecule has 5 rings (SSSR count). The molecule has 1 aliphatic carbocycles. The lowest BCUT2D eigenvalue weighted by molar-refractivity contribution is 0.0474. The maximum Gasteiger partial charge on any atom is 0.339 e. The smallest absolute Gasteiger partial charge is 0.339 e. The summed E-state index contributed by atoms with van der Waals surface area (Å²) < 4.78 is 5.60. The molecule has 6 nitrogen and oxygen atoms in total. The number of rotatable bonds is 6. The molecule has 2 heterocycles. The molecule has 2 aromatic carbocycles. The van der Waals surface area contributed by atoms with E-state index in [1.54, 1.807) is 13.8 Å². The molecule has 0 atom stereocenters. The third-order valence-corrected chi connectivity index (χ3v) is 7.67. The second-order valence-corrected chi connectivity index (χ2v) is 11.6. The van der Waals surface area contributed by atoms with Crippen molar-refractivity contribution in [1.29, 1.82) is 0 Å². The number of Topliss-reactive ketones (excluding diaryl/α,β-unsaturated/α-hetero) is 2. The van der Waals surface area contributed by atoms with E-state index in [1.807, 2.05) is 24.3 Å². The van der Waals surface area contributed by atoms with Crippen LogP contribution in [-0.2, 0) is 16.6 Å². The molecule has 0 aliphatic heterocycles. The molecule has 204 valence electrons. The first-order valence-corrected chi connectivity index (χ1v) is 13.6. The molecule has 40 heavy (non-hydrogen) atoms. The number of nitrogens with one attached hydrogen (secondary N) is 1. The van der Waals surface area contributed by atoms with Crippen LogP contribution in [0.25, 0.3) is 22.6 Å². The topological polar surface area (TPSA) is 89.1 Å². The van der Waals surface area contributed by atoms with Crippen molar-refractivity contribution in [2.75, 3.05) is 6.61 Å². The molecule has 6 heteroatoms. The van der Waals surface area contributed by atoms with Crippen LogP contribution in [0.1, 0.15) is 99.0 Å². The molecule has 0 fully saturated rings. The number of aryl methyl sites for hydroxylation is 1. The lowest BCUT2D eigenvalue weighted by atomic mass is 9.86. The van der Waals surface area contributed by atoms with Gasteiger partial charge >= 0.3 is 5.97 Å². The van der Waals surface area contributed by atoms with E-state index in [0.717, 1.165) is 28.8 Å². The molecular weight excluding hydrogens is 500 g/mol. The van der Waals surface area contributed by atoms with Gasteiger partial charge in [-0.2, -0.15) is 0 Å². The molecule has 0 saturated carbocycles. The molecule has 0 bridgehead atoms. The highest BCUT2D eigenvalue weighted by atomic mass is 16.5. The number of para-hydroxylation sites is 1. The van der Waals surface area contributed by atoms with Crippen LogP contribution in [-0.4, -0.2) is 34.1 Å². The predicted octanol–water partition coefficient (Wildman–Crippen LogP) is 7.21. The van der Waals surface area contributed by atoms with Crippen molar-refractivity contribution in [1.82, 2.24) is 9.97 Å². The predicted molar refractivity (Wildman–Crippen MR) is 158 cm³/mol. The summed E-state index contributed by atoms with van der Waals surface area (Å²) in [5.41, 5.74) is 8.33. The molecule has 4 aromatic rings. The fourth-order valence-electron chi connectivity index (χ4n) is 5.63. The number of benzene rings is 2. The SMILES string of the molecule is CC(=O)c1c(C)[nH]c(C(=O)COC(=O)c2c3c(nc4ccccc24)C(=Cc2ccc(C(C)(C)C)cc2)CC3)c1C. The summed E-state index contributed by atoms with van der Waals surface area (Å²) in [5.74, 6) is -1.04. The lowest BCUT2D eigenvalue weighted by Gasteiger charge is -2.18. The number of carbonyl (C=O) groups is 3. The average Bonchev–Trinajstić information content (AvgIpc) is 3.44. The summed E-state index contributed by atoms with van der Waals surface area (Å²) in [7, 11) is 0. The van der Waals surface area contributed by atoms with Gasteiger partial charge < -0.3 is 9.72 Å². The third kappa shape index (κ3) is 5.02. The number of ketones is 2. The van der Waals surface area contributed by atoms with Crippen LogP contribution in [0.15, 0.2) is 48.5 Å². The van der Waals surface area contributed by atoms with E-state index < -0.39 is 12.6 Å². The van der Waals surface area contributed by atoms with E-state index in [4.69, 9.17) is 9.72 Å². The summed E-state index contributed by atoms with van der Waals surface area (Å²) in [4.78, 5) is 46.4. The summed E-state index contributed by atoms with van der Waals surface area (Å²) in [6.07, 6.45) is 3.56. The maximum absolute atomic E-state index is 13.5. The van der Waals surface area contributed by atoms with Crippen LogP contribution in [0.5, 0.6) is 0 Å². The number of allylic oxidation sites excluding steroid dienone is 1. The highest BCUT2D eigenvalue weighted by molar-refractivity contribution is 6.09. The van der Waals surface area contributed by atoms with E-state index >= 15 is 0 Å². The van der Waals surface area contributed by atoms with Crippen molar-refractivity contribution < 1.29 is 19.1 Å². The molecule has 0 saturated heterocycles. The van der Waals surface area contributed by atoms with E-state index in [9.17, 15) is 14.4 Å². The fraction of sp³-hybridized carbons (Fsp3) is 0.294. The zero-order valence-corrected chi connectivity index (χ0v) is 23.9. The van der Waals surface area contributed by atoms with Gasteiger partial charge in [0.2, 0.25) is 5.78 Å². The van der Waals surface area contributed by atoms with Crippen molar-refractivity contribution in [3.05, 3.63) is 99.0 Å². The van der Waals surface area contributed by atoms with Crippen molar-refractivity contribution >= 4 is 40.1 Å². The van der Waals surface area contributed by atoms with Crippen LogP contribution in [0, 0.1) is 13.8 Å². The van der Waals surface area contributed by atoms with Crippen LogP contribution < -0.4 is 0 Å². The number of nitrogens with zero attached hydrogens (tertiary/aromatic N) is 1. The summed E-state index contributed by atoms with van der Waals surface area (Å²) in [5, 5.41) is 0.709. The Balaban J connectivity index is 1.46. The zero-order chi connectivity index (χ0) is 28.8. The van der Waals surface area contributed by atoms with Crippen molar-refractivity contribution in [3.63, 3.8) is 0 Å². The largest absolute Gasteiger partial charge is 0.454 e. The van der Waals surface area contributed by atoms with Gasteiger partial charge in [-0.05, 0) is 79.0 Å². The highest BCUT2D eigenvalue weighted by Crippen LogP contribution is 2.38. The molecule has 0 amide bonds. The Morgan fingerprint density at radius 2 is 1.68 bits per heavy atom. The molecule has 0 spiro atoms. The lowest BCUT2D eigenvalue weighted by Crippen LogP contribution is -2.17. The second-order valence-electron chi connectivity index (χ2n) is 11.6. The van der Waals surface area contributed by atoms with Crippen molar-refractivity contribution in [3.8, 4) is 0 Å². The Bertz CT molecular complexity index is 1700. The van der Waals surface area contributed by atoms with Gasteiger partial charge in [0.15, 0.2) is 12.4 Å². The van der Waals surface area contributed by atoms with E-state index in [0.29, 0.717) is 45.4 Å². The van der Waals surface area contributed by atoms with Gasteiger partial charge in [-0.15, -0.1) is 0 Å². The van der Waals surface area contributed by atoms with E-state index in [-0.39, 0.29) is 17.0 Å². The highest BCUT2D eigenvalue weighted by Gasteiger charge is 2.29. The number of hydrogen-bond donors (Lipinski definition) is 1. The van der Waals surface area contributed by atoms with Gasteiger partial charge in [-0.1, -0.05) is 63.2 Å². The summed E-state index contributed by atoms with van der Waals surface area (Å²) in [6, 6.07) is 16.1. The minimum Gasteiger partial charge on any atom is -0.454 e. The van der Waals surface area contributed by atoms with Crippen LogP contribution in [0.4, 0.5) is 0 Å². The monoisotopic (exact) mass is 534 g/mol. The molecule has 0 radical (unpaired) electrons. The van der Waals surface area contributed by atoms with Crippen LogP contribution in [0.2, 0.25) is 0 Å². The second kappa shape index (κ2) is 10.3. The number of fused-ring (bicyclic) bond motifs is 2. The molecule has 0 unspecified atom stereocenters. The Labute approximate surface area is 234 Å². The Morgan fingerprint density at radius 1 is 0.975 bits per heavy atom. The van der Waals surface area contributed by atoms with Gasteiger partial charge in [0.05, 0.1) is 22.5 Å². The van der Waals surface area contributed by atoms with Crippen molar-refractivity contribution in [2.24, 2.45) is 0 Å². The number of esters is 1. The normalized spacial score (nSPS) is 14.0. The van der Waals surface area contributed by atoms with E-state index in [1.165, 1.54) is 12.5 Å². The fourth-order valence-corrected chi connectivity index (χ4v) is 5.63. The number of hydrogen-bond acceptors (Lipinski definition) is 5. The number of pyridine rings is 1. The Morgan fingerprint density at radius 3 is 2.33 bits per heavy atom. The zero-order valence-electron chi connectivity index (χ0n) is 23.9. The molecular formula is C34H34N2O4. The van der Waals surface area contributed by atoms with Gasteiger partial charge in [-0.3, -0.25) is 9.59 Å². The minimum atomic E-state index is -0.549. The van der Waals surface area contributed by atoms with Gasteiger partial charge in [-0.25, -0.2) is 9.78 Å². The first-order valence-electron chi connectivity index (χ1n) is 13.6. The third-order valence-electron chi connectivity index (χ3n) is 7.67. The van der Waals surface area contributed by atoms with Gasteiger partial charge in [0, 0.05) is 16.6 Å². The van der Waals surface area contributed by atoms with Crippen LogP contribution >= 0.6 is 0 Å². The van der Waals surface area contributed by atoms with Crippen LogP contribution in [0.3, 0.4) is 0 Å². The first kappa shape index (κ1) is 27.3. The molecule has 1 aliphatic rings. The average molecular weight is 535 g/mol. The maximum atomic E-state index is 13.5. The summed E-state index contributed by atoms with van der Waals surface area (Å²) >= 11 is 0. The quantitative estimate of drug-likeness (QED) is 0.209. The number of H-pyrrole nitrogens is 1. The van der Waals surface area contributed by atoms with E-state index in [2.05, 4.69) is 56.1 Å². The Kier molecular flexibility index (Phi) is 7.05. The van der Waals surface area contributed by atoms with Crippen molar-refractivity contribution in [2.45, 2.75) is 59.8 Å².